The Bertz CT molecular complexity index is 191. The number of hydrogen-bond acceptors (Lipinski definition) is 3. The number of carboxylic acid groups (broad SMARTS) is 1. The van der Waals surface area contributed by atoms with Gasteiger partial charge in [0.2, 0.25) is 5.91 Å². The molecule has 5 heteroatoms. The highest BCUT2D eigenvalue weighted by Crippen LogP contribution is 2.04. The maximum absolute atomic E-state index is 10.7. The lowest BCUT2D eigenvalue weighted by Gasteiger charge is -2.15. The van der Waals surface area contributed by atoms with Gasteiger partial charge < -0.3 is 15.5 Å². The van der Waals surface area contributed by atoms with E-state index in [4.69, 9.17) is 10.2 Å². The van der Waals surface area contributed by atoms with Crippen molar-refractivity contribution in [3.63, 3.8) is 0 Å². The second-order valence-electron chi connectivity index (χ2n) is 3.25. The minimum absolute atomic E-state index is 0.181. The summed E-state index contributed by atoms with van der Waals surface area (Å²) in [6.45, 7) is 3.05. The highest BCUT2D eigenvalue weighted by Gasteiger charge is 2.20. The number of aliphatic hydroxyl groups excluding tert-OH is 1. The van der Waals surface area contributed by atoms with E-state index in [1.54, 1.807) is 0 Å². The largest absolute Gasteiger partial charge is 0.480 e. The van der Waals surface area contributed by atoms with Gasteiger partial charge >= 0.3 is 5.97 Å². The van der Waals surface area contributed by atoms with Crippen molar-refractivity contribution in [1.82, 2.24) is 5.32 Å². The van der Waals surface area contributed by atoms with Crippen LogP contribution in [-0.2, 0) is 9.59 Å². The molecule has 0 aliphatic rings. The van der Waals surface area contributed by atoms with Crippen LogP contribution in [0.3, 0.4) is 0 Å². The Hall–Kier alpha value is -1.10. The molecule has 13 heavy (non-hydrogen) atoms. The fourth-order valence-corrected chi connectivity index (χ4v) is 0.933. The number of aliphatic carboxylic acids is 1. The summed E-state index contributed by atoms with van der Waals surface area (Å²) in [6.07, 6.45) is 0.362. The molecule has 0 rings (SSSR count). The molecule has 0 aromatic carbocycles. The van der Waals surface area contributed by atoms with Crippen LogP contribution in [0, 0.1) is 5.92 Å². The Kier molecular flexibility index (Phi) is 5.06. The first-order valence-electron chi connectivity index (χ1n) is 4.10. The van der Waals surface area contributed by atoms with Gasteiger partial charge in [0.15, 0.2) is 0 Å². The SMILES string of the molecule is CC(C)C[C@H](NC(=O)CO)C(=O)O. The Balaban J connectivity index is 4.10. The number of hydrogen-bond donors (Lipinski definition) is 3. The van der Waals surface area contributed by atoms with Gasteiger partial charge in [-0.25, -0.2) is 4.79 Å². The number of carbonyl (C=O) groups is 2. The van der Waals surface area contributed by atoms with Crippen LogP contribution in [0.4, 0.5) is 0 Å². The third kappa shape index (κ3) is 5.19. The van der Waals surface area contributed by atoms with Crippen LogP contribution < -0.4 is 5.32 Å². The van der Waals surface area contributed by atoms with E-state index in [9.17, 15) is 9.59 Å². The van der Waals surface area contributed by atoms with Gasteiger partial charge in [-0.15, -0.1) is 0 Å². The van der Waals surface area contributed by atoms with Crippen LogP contribution in [-0.4, -0.2) is 34.7 Å². The van der Waals surface area contributed by atoms with E-state index < -0.39 is 24.5 Å². The zero-order valence-electron chi connectivity index (χ0n) is 7.78. The second-order valence-corrected chi connectivity index (χ2v) is 3.25. The van der Waals surface area contributed by atoms with Gasteiger partial charge in [-0.3, -0.25) is 4.79 Å². The third-order valence-corrected chi connectivity index (χ3v) is 1.48. The summed E-state index contributed by atoms with van der Waals surface area (Å²) in [5.74, 6) is -1.55. The molecule has 0 spiro atoms. The number of carboxylic acids is 1. The lowest BCUT2D eigenvalue weighted by atomic mass is 10.0. The maximum atomic E-state index is 10.7. The van der Waals surface area contributed by atoms with Gasteiger partial charge in [-0.2, -0.15) is 0 Å². The van der Waals surface area contributed by atoms with Gasteiger partial charge in [-0.05, 0) is 12.3 Å². The predicted octanol–water partition coefficient (Wildman–Crippen LogP) is -0.406. The van der Waals surface area contributed by atoms with E-state index in [0.29, 0.717) is 6.42 Å². The van der Waals surface area contributed by atoms with Crippen molar-refractivity contribution in [2.45, 2.75) is 26.3 Å². The summed E-state index contributed by atoms with van der Waals surface area (Å²) >= 11 is 0. The van der Waals surface area contributed by atoms with Crippen molar-refractivity contribution >= 4 is 11.9 Å². The molecule has 5 nitrogen and oxygen atoms in total. The van der Waals surface area contributed by atoms with Crippen LogP contribution in [0.2, 0.25) is 0 Å². The lowest BCUT2D eigenvalue weighted by molar-refractivity contribution is -0.142. The van der Waals surface area contributed by atoms with Crippen LogP contribution in [0.1, 0.15) is 20.3 Å². The Morgan fingerprint density at radius 1 is 1.38 bits per heavy atom. The number of carbonyl (C=O) groups excluding carboxylic acids is 1. The normalized spacial score (nSPS) is 12.6. The Morgan fingerprint density at radius 3 is 2.23 bits per heavy atom. The Labute approximate surface area is 76.8 Å². The smallest absolute Gasteiger partial charge is 0.326 e. The molecule has 0 aromatic rings. The quantitative estimate of drug-likeness (QED) is 0.549. The van der Waals surface area contributed by atoms with Crippen molar-refractivity contribution < 1.29 is 19.8 Å². The van der Waals surface area contributed by atoms with Crippen molar-refractivity contribution in [2.24, 2.45) is 5.92 Å². The molecule has 0 heterocycles. The predicted molar refractivity (Wildman–Crippen MR) is 46.1 cm³/mol. The molecule has 0 fully saturated rings. The molecule has 1 amide bonds. The molecule has 1 atom stereocenters. The highest BCUT2D eigenvalue weighted by atomic mass is 16.4. The molecule has 0 saturated heterocycles. The molecule has 3 N–H and O–H groups in total. The monoisotopic (exact) mass is 189 g/mol. The number of nitrogens with one attached hydrogen (secondary N) is 1. The van der Waals surface area contributed by atoms with Crippen LogP contribution >= 0.6 is 0 Å². The number of amides is 1. The van der Waals surface area contributed by atoms with E-state index in [-0.39, 0.29) is 5.92 Å². The molecular weight excluding hydrogens is 174 g/mol. The topological polar surface area (TPSA) is 86.6 Å². The van der Waals surface area contributed by atoms with Crippen molar-refractivity contribution in [1.29, 1.82) is 0 Å². The zero-order chi connectivity index (χ0) is 10.4. The second kappa shape index (κ2) is 5.53. The summed E-state index contributed by atoms with van der Waals surface area (Å²) in [6, 6.07) is -0.903. The minimum atomic E-state index is -1.07. The average Bonchev–Trinajstić information content (AvgIpc) is 2.02. The fourth-order valence-electron chi connectivity index (χ4n) is 0.933. The molecule has 0 aromatic heterocycles. The van der Waals surface area contributed by atoms with Crippen LogP contribution in [0.15, 0.2) is 0 Å². The molecule has 0 aliphatic carbocycles. The van der Waals surface area contributed by atoms with Gasteiger partial charge in [0.25, 0.3) is 0 Å². The minimum Gasteiger partial charge on any atom is -0.480 e. The summed E-state index contributed by atoms with van der Waals surface area (Å²) < 4.78 is 0. The standard InChI is InChI=1S/C8H15NO4/c1-5(2)3-6(8(12)13)9-7(11)4-10/h5-6,10H,3-4H2,1-2H3,(H,9,11)(H,12,13)/t6-/m0/s1. The molecule has 0 bridgehead atoms. The van der Waals surface area contributed by atoms with Crippen molar-refractivity contribution in [3.05, 3.63) is 0 Å². The van der Waals surface area contributed by atoms with E-state index >= 15 is 0 Å². The van der Waals surface area contributed by atoms with Gasteiger partial charge in [0.05, 0.1) is 0 Å². The summed E-state index contributed by atoms with van der Waals surface area (Å²) in [7, 11) is 0. The number of rotatable bonds is 5. The lowest BCUT2D eigenvalue weighted by Crippen LogP contribution is -2.42. The highest BCUT2D eigenvalue weighted by molar-refractivity contribution is 5.83. The van der Waals surface area contributed by atoms with Crippen molar-refractivity contribution in [3.8, 4) is 0 Å². The Morgan fingerprint density at radius 2 is 1.92 bits per heavy atom. The molecule has 76 valence electrons. The van der Waals surface area contributed by atoms with Gasteiger partial charge in [0.1, 0.15) is 12.6 Å². The van der Waals surface area contributed by atoms with E-state index in [1.807, 2.05) is 13.8 Å². The first kappa shape index (κ1) is 11.9. The summed E-state index contributed by atoms with van der Waals surface area (Å²) in [4.78, 5) is 21.3. The molecule has 0 saturated carbocycles. The molecule has 0 unspecified atom stereocenters. The van der Waals surface area contributed by atoms with Crippen LogP contribution in [0.5, 0.6) is 0 Å². The molecule has 0 radical (unpaired) electrons. The third-order valence-electron chi connectivity index (χ3n) is 1.48. The first-order valence-corrected chi connectivity index (χ1v) is 4.10. The number of aliphatic hydroxyl groups is 1. The van der Waals surface area contributed by atoms with E-state index in [0.717, 1.165) is 0 Å². The summed E-state index contributed by atoms with van der Waals surface area (Å²) in [5, 5.41) is 19.3. The van der Waals surface area contributed by atoms with E-state index in [2.05, 4.69) is 5.32 Å². The van der Waals surface area contributed by atoms with Gasteiger partial charge in [-0.1, -0.05) is 13.8 Å². The summed E-state index contributed by atoms with van der Waals surface area (Å²) in [5.41, 5.74) is 0. The maximum Gasteiger partial charge on any atom is 0.326 e. The fraction of sp³-hybridized carbons (Fsp3) is 0.750. The van der Waals surface area contributed by atoms with Crippen LogP contribution in [0.25, 0.3) is 0 Å². The zero-order valence-corrected chi connectivity index (χ0v) is 7.78. The van der Waals surface area contributed by atoms with Gasteiger partial charge in [0, 0.05) is 0 Å². The average molecular weight is 189 g/mol. The van der Waals surface area contributed by atoms with E-state index in [1.165, 1.54) is 0 Å². The first-order chi connectivity index (χ1) is 5.97. The molecule has 0 aliphatic heterocycles. The molecular formula is C8H15NO4. The van der Waals surface area contributed by atoms with Crippen molar-refractivity contribution in [2.75, 3.05) is 6.61 Å².